The lowest BCUT2D eigenvalue weighted by Crippen LogP contribution is -2.36. The number of aromatic nitrogens is 2. The number of aliphatic hydroxyl groups is 1. The molecule has 2 aromatic carbocycles. The normalized spacial score (nSPS) is 18.3. The van der Waals surface area contributed by atoms with E-state index in [2.05, 4.69) is 20.0 Å². The Balaban J connectivity index is 1.26. The molecule has 1 saturated heterocycles. The van der Waals surface area contributed by atoms with Gasteiger partial charge in [0.2, 0.25) is 0 Å². The Morgan fingerprint density at radius 1 is 1.14 bits per heavy atom. The minimum absolute atomic E-state index is 0.281. The SMILES string of the molecule is Cc1c(N=Cc2cc(Cl)c(C3CCN(CC(O)c4ccc(F)cc4)CC3)cc2N=CN)cnn1C1CC1. The summed E-state index contributed by atoms with van der Waals surface area (Å²) in [6.07, 6.45) is 8.39. The molecule has 1 aromatic heterocycles. The molecule has 0 radical (unpaired) electrons. The summed E-state index contributed by atoms with van der Waals surface area (Å²) >= 11 is 6.77. The number of rotatable bonds is 8. The van der Waals surface area contributed by atoms with Crippen LogP contribution < -0.4 is 5.73 Å². The van der Waals surface area contributed by atoms with Crippen molar-refractivity contribution in [2.45, 2.75) is 50.7 Å². The molecule has 37 heavy (non-hydrogen) atoms. The molecule has 9 heteroatoms. The van der Waals surface area contributed by atoms with Crippen molar-refractivity contribution in [2.24, 2.45) is 15.7 Å². The van der Waals surface area contributed by atoms with Crippen molar-refractivity contribution in [1.29, 1.82) is 0 Å². The lowest BCUT2D eigenvalue weighted by atomic mass is 9.88. The summed E-state index contributed by atoms with van der Waals surface area (Å²) in [5.41, 5.74) is 10.9. The molecular formula is C28H32ClFN6O. The molecule has 1 aliphatic carbocycles. The second-order valence-corrected chi connectivity index (χ2v) is 10.3. The van der Waals surface area contributed by atoms with Crippen molar-refractivity contribution in [1.82, 2.24) is 14.7 Å². The molecule has 1 saturated carbocycles. The molecule has 2 aliphatic rings. The van der Waals surface area contributed by atoms with Gasteiger partial charge in [-0.15, -0.1) is 0 Å². The van der Waals surface area contributed by atoms with Gasteiger partial charge < -0.3 is 15.7 Å². The van der Waals surface area contributed by atoms with E-state index >= 15 is 0 Å². The third kappa shape index (κ3) is 5.92. The van der Waals surface area contributed by atoms with Crippen LogP contribution in [0.1, 0.15) is 66.1 Å². The van der Waals surface area contributed by atoms with Crippen LogP contribution in [0.2, 0.25) is 5.02 Å². The summed E-state index contributed by atoms with van der Waals surface area (Å²) in [6.45, 7) is 4.23. The number of aliphatic imine (C=N–C) groups is 2. The summed E-state index contributed by atoms with van der Waals surface area (Å²) in [5.74, 6) is -0.0208. The Labute approximate surface area is 221 Å². The minimum Gasteiger partial charge on any atom is -0.390 e. The number of nitrogens with zero attached hydrogens (tertiary/aromatic N) is 5. The summed E-state index contributed by atoms with van der Waals surface area (Å²) in [5, 5.41) is 15.7. The first-order valence-corrected chi connectivity index (χ1v) is 13.1. The molecule has 1 unspecified atom stereocenters. The number of piperidine rings is 1. The number of benzene rings is 2. The smallest absolute Gasteiger partial charge is 0.123 e. The van der Waals surface area contributed by atoms with Crippen LogP contribution in [-0.2, 0) is 0 Å². The molecule has 2 heterocycles. The zero-order chi connectivity index (χ0) is 25.9. The first kappa shape index (κ1) is 25.6. The molecule has 2 fully saturated rings. The zero-order valence-corrected chi connectivity index (χ0v) is 21.7. The van der Waals surface area contributed by atoms with Crippen LogP contribution in [-0.4, -0.2) is 52.0 Å². The number of halogens is 2. The van der Waals surface area contributed by atoms with Gasteiger partial charge in [0, 0.05) is 23.3 Å². The van der Waals surface area contributed by atoms with Gasteiger partial charge in [-0.3, -0.25) is 9.67 Å². The van der Waals surface area contributed by atoms with E-state index in [0.717, 1.165) is 59.7 Å². The Morgan fingerprint density at radius 2 is 1.86 bits per heavy atom. The van der Waals surface area contributed by atoms with Gasteiger partial charge in [-0.1, -0.05) is 23.7 Å². The molecule has 0 spiro atoms. The van der Waals surface area contributed by atoms with Crippen molar-refractivity contribution in [3.05, 3.63) is 75.8 Å². The second kappa shape index (κ2) is 11.1. The van der Waals surface area contributed by atoms with E-state index in [0.29, 0.717) is 17.6 Å². The summed E-state index contributed by atoms with van der Waals surface area (Å²) in [4.78, 5) is 11.3. The van der Waals surface area contributed by atoms with E-state index in [4.69, 9.17) is 17.3 Å². The van der Waals surface area contributed by atoms with Crippen molar-refractivity contribution in [2.75, 3.05) is 19.6 Å². The fourth-order valence-electron chi connectivity index (χ4n) is 5.03. The third-order valence-corrected chi connectivity index (χ3v) is 7.65. The predicted molar refractivity (Wildman–Crippen MR) is 146 cm³/mol. The highest BCUT2D eigenvalue weighted by Gasteiger charge is 2.27. The van der Waals surface area contributed by atoms with Crippen LogP contribution in [0.25, 0.3) is 0 Å². The molecule has 7 nitrogen and oxygen atoms in total. The van der Waals surface area contributed by atoms with Crippen molar-refractivity contribution < 1.29 is 9.50 Å². The van der Waals surface area contributed by atoms with E-state index in [-0.39, 0.29) is 11.7 Å². The molecule has 1 aliphatic heterocycles. The Kier molecular flexibility index (Phi) is 7.69. The fourth-order valence-corrected chi connectivity index (χ4v) is 5.36. The maximum absolute atomic E-state index is 13.2. The van der Waals surface area contributed by atoms with Crippen molar-refractivity contribution in [3.63, 3.8) is 0 Å². The largest absolute Gasteiger partial charge is 0.390 e. The first-order chi connectivity index (χ1) is 17.9. The van der Waals surface area contributed by atoms with Gasteiger partial charge in [0.1, 0.15) is 11.5 Å². The predicted octanol–water partition coefficient (Wildman–Crippen LogP) is 5.60. The summed E-state index contributed by atoms with van der Waals surface area (Å²) in [7, 11) is 0. The standard InChI is InChI=1S/C28H32ClFN6O/c1-18-27(15-34-36(18)23-6-7-23)32-14-21-12-25(29)24(13-26(21)33-17-31)19-8-10-35(11-9-19)16-28(37)20-2-4-22(30)5-3-20/h2-5,12-15,17,19,23,28,37H,6-11,16H2,1H3,(H2,31,33). The zero-order valence-electron chi connectivity index (χ0n) is 20.9. The van der Waals surface area contributed by atoms with Gasteiger partial charge in [0.25, 0.3) is 0 Å². The van der Waals surface area contributed by atoms with Crippen LogP contribution >= 0.6 is 11.6 Å². The van der Waals surface area contributed by atoms with E-state index < -0.39 is 6.10 Å². The molecular weight excluding hydrogens is 491 g/mol. The second-order valence-electron chi connectivity index (χ2n) is 9.90. The first-order valence-electron chi connectivity index (χ1n) is 12.7. The van der Waals surface area contributed by atoms with Gasteiger partial charge in [-0.25, -0.2) is 9.38 Å². The molecule has 0 bridgehead atoms. The van der Waals surface area contributed by atoms with Crippen LogP contribution in [0.15, 0.2) is 52.6 Å². The van der Waals surface area contributed by atoms with Gasteiger partial charge in [0.15, 0.2) is 0 Å². The van der Waals surface area contributed by atoms with E-state index in [1.165, 1.54) is 31.3 Å². The van der Waals surface area contributed by atoms with Crippen LogP contribution in [0, 0.1) is 12.7 Å². The van der Waals surface area contributed by atoms with E-state index in [9.17, 15) is 9.50 Å². The number of nitrogens with two attached hydrogens (primary N) is 1. The highest BCUT2D eigenvalue weighted by Crippen LogP contribution is 2.38. The minimum atomic E-state index is -0.648. The molecule has 5 rings (SSSR count). The molecule has 1 atom stereocenters. The quantitative estimate of drug-likeness (QED) is 0.297. The van der Waals surface area contributed by atoms with Gasteiger partial charge in [-0.2, -0.15) is 5.10 Å². The van der Waals surface area contributed by atoms with Gasteiger partial charge in [0.05, 0.1) is 36.1 Å². The van der Waals surface area contributed by atoms with Crippen molar-refractivity contribution in [3.8, 4) is 0 Å². The van der Waals surface area contributed by atoms with Crippen molar-refractivity contribution >= 4 is 35.5 Å². The monoisotopic (exact) mass is 522 g/mol. The number of likely N-dealkylation sites (tertiary alicyclic amines) is 1. The van der Waals surface area contributed by atoms with Gasteiger partial charge in [-0.05, 0) is 87.0 Å². The highest BCUT2D eigenvalue weighted by molar-refractivity contribution is 6.32. The number of hydrogen-bond donors (Lipinski definition) is 2. The van der Waals surface area contributed by atoms with Crippen LogP contribution in [0.3, 0.4) is 0 Å². The number of hydrogen-bond acceptors (Lipinski definition) is 5. The molecule has 3 aromatic rings. The fraction of sp³-hybridized carbons (Fsp3) is 0.393. The molecule has 3 N–H and O–H groups in total. The average molecular weight is 523 g/mol. The average Bonchev–Trinajstić information content (AvgIpc) is 3.67. The molecule has 194 valence electrons. The van der Waals surface area contributed by atoms with E-state index in [1.54, 1.807) is 24.5 Å². The number of aliphatic hydroxyl groups excluding tert-OH is 1. The van der Waals surface area contributed by atoms with Crippen LogP contribution in [0.4, 0.5) is 15.8 Å². The maximum Gasteiger partial charge on any atom is 0.123 e. The third-order valence-electron chi connectivity index (χ3n) is 7.33. The maximum atomic E-state index is 13.2. The Hall–Kier alpha value is -3.07. The van der Waals surface area contributed by atoms with Gasteiger partial charge >= 0.3 is 0 Å². The summed E-state index contributed by atoms with van der Waals surface area (Å²) in [6, 6.07) is 10.5. The topological polar surface area (TPSA) is 92.0 Å². The van der Waals surface area contributed by atoms with Crippen LogP contribution in [0.5, 0.6) is 0 Å². The number of β-amino-alcohol motifs (C(OH)–C–C–N with tert-alkyl or cyclic N) is 1. The highest BCUT2D eigenvalue weighted by atomic mass is 35.5. The Bertz CT molecular complexity index is 1290. The Morgan fingerprint density at radius 3 is 2.54 bits per heavy atom. The summed E-state index contributed by atoms with van der Waals surface area (Å²) < 4.78 is 15.2. The molecule has 0 amide bonds. The lowest BCUT2D eigenvalue weighted by molar-refractivity contribution is 0.0972. The van der Waals surface area contributed by atoms with E-state index in [1.807, 2.05) is 23.7 Å². The lowest BCUT2D eigenvalue weighted by Gasteiger charge is -2.34.